The highest BCUT2D eigenvalue weighted by atomic mass is 16.6. The van der Waals surface area contributed by atoms with Gasteiger partial charge in [0.15, 0.2) is 0 Å². The molecule has 2 aromatic rings. The number of carbonyl (C=O) groups excluding carboxylic acids is 2. The first-order chi connectivity index (χ1) is 15.1. The van der Waals surface area contributed by atoms with Crippen LogP contribution in [-0.4, -0.2) is 41.2 Å². The van der Waals surface area contributed by atoms with Gasteiger partial charge in [-0.25, -0.2) is 9.59 Å². The van der Waals surface area contributed by atoms with Gasteiger partial charge in [-0.1, -0.05) is 60.7 Å². The number of nitrogens with one attached hydrogen (secondary N) is 1. The molecular formula is C25H30N2O4. The molecule has 2 heterocycles. The smallest absolute Gasteiger partial charge is 0.408 e. The summed E-state index contributed by atoms with van der Waals surface area (Å²) in [6.45, 7) is 3.09. The summed E-state index contributed by atoms with van der Waals surface area (Å²) in [5.41, 5.74) is 1.13. The zero-order valence-corrected chi connectivity index (χ0v) is 18.0. The molecule has 0 aliphatic carbocycles. The van der Waals surface area contributed by atoms with Crippen LogP contribution in [0.4, 0.5) is 4.79 Å². The summed E-state index contributed by atoms with van der Waals surface area (Å²) in [6, 6.07) is 20.3. The van der Waals surface area contributed by atoms with E-state index in [0.29, 0.717) is 12.8 Å². The minimum absolute atomic E-state index is 0.165. The number of benzene rings is 2. The summed E-state index contributed by atoms with van der Waals surface area (Å²) < 4.78 is 10.8. The summed E-state index contributed by atoms with van der Waals surface area (Å²) in [4.78, 5) is 28.1. The van der Waals surface area contributed by atoms with Gasteiger partial charge >= 0.3 is 12.1 Å². The van der Waals surface area contributed by atoms with E-state index in [2.05, 4.69) is 22.3 Å². The lowest BCUT2D eigenvalue weighted by molar-refractivity contribution is -0.154. The number of hydrogen-bond acceptors (Lipinski definition) is 5. The molecular weight excluding hydrogens is 392 g/mol. The van der Waals surface area contributed by atoms with Gasteiger partial charge in [-0.15, -0.1) is 0 Å². The Balaban J connectivity index is 1.45. The summed E-state index contributed by atoms with van der Waals surface area (Å²) in [5, 5.41) is 2.91. The SMILES string of the molecule is CCOC(=O)C1(NC(=O)OCc2ccccc2)CC2CCC(C1)N2Cc1ccccc1. The van der Waals surface area contributed by atoms with E-state index in [4.69, 9.17) is 9.47 Å². The average molecular weight is 423 g/mol. The molecule has 164 valence electrons. The van der Waals surface area contributed by atoms with Crippen LogP contribution in [0.5, 0.6) is 0 Å². The predicted octanol–water partition coefficient (Wildman–Crippen LogP) is 4.04. The van der Waals surface area contributed by atoms with Gasteiger partial charge in [-0.2, -0.15) is 0 Å². The molecule has 0 radical (unpaired) electrons. The van der Waals surface area contributed by atoms with Gasteiger partial charge in [0.1, 0.15) is 12.1 Å². The van der Waals surface area contributed by atoms with Crippen LogP contribution in [0.1, 0.15) is 43.7 Å². The Labute approximate surface area is 183 Å². The molecule has 2 atom stereocenters. The molecule has 2 bridgehead atoms. The van der Waals surface area contributed by atoms with E-state index < -0.39 is 11.6 Å². The highest BCUT2D eigenvalue weighted by molar-refractivity contribution is 5.86. The third-order valence-corrected chi connectivity index (χ3v) is 6.37. The normalized spacial score (nSPS) is 25.1. The monoisotopic (exact) mass is 422 g/mol. The third-order valence-electron chi connectivity index (χ3n) is 6.37. The predicted molar refractivity (Wildman–Crippen MR) is 117 cm³/mol. The number of nitrogens with zero attached hydrogens (tertiary/aromatic N) is 1. The number of amides is 1. The van der Waals surface area contributed by atoms with Crippen molar-refractivity contribution in [1.82, 2.24) is 10.2 Å². The van der Waals surface area contributed by atoms with Crippen LogP contribution in [0.15, 0.2) is 60.7 Å². The highest BCUT2D eigenvalue weighted by Gasteiger charge is 2.54. The molecule has 0 saturated carbocycles. The molecule has 2 aliphatic heterocycles. The lowest BCUT2D eigenvalue weighted by atomic mass is 9.82. The Bertz CT molecular complexity index is 873. The number of ether oxygens (including phenoxy) is 2. The first kappa shape index (κ1) is 21.4. The number of carbonyl (C=O) groups is 2. The molecule has 6 heteroatoms. The minimum Gasteiger partial charge on any atom is -0.464 e. The lowest BCUT2D eigenvalue weighted by Gasteiger charge is -2.45. The molecule has 2 aliphatic rings. The molecule has 0 spiro atoms. The maximum Gasteiger partial charge on any atom is 0.408 e. The van der Waals surface area contributed by atoms with Crippen molar-refractivity contribution in [2.75, 3.05) is 6.61 Å². The van der Waals surface area contributed by atoms with Crippen LogP contribution >= 0.6 is 0 Å². The Kier molecular flexibility index (Phi) is 6.56. The molecule has 0 aromatic heterocycles. The fraction of sp³-hybridized carbons (Fsp3) is 0.440. The van der Waals surface area contributed by atoms with E-state index >= 15 is 0 Å². The van der Waals surface area contributed by atoms with Crippen molar-refractivity contribution in [2.45, 2.75) is 63.4 Å². The number of alkyl carbamates (subject to hydrolysis) is 1. The van der Waals surface area contributed by atoms with E-state index in [1.54, 1.807) is 6.92 Å². The average Bonchev–Trinajstić information content (AvgIpc) is 3.02. The summed E-state index contributed by atoms with van der Waals surface area (Å²) in [6.07, 6.45) is 2.53. The Morgan fingerprint density at radius 1 is 0.935 bits per heavy atom. The number of rotatable bonds is 7. The van der Waals surface area contributed by atoms with Gasteiger partial charge in [0.05, 0.1) is 6.61 Å². The van der Waals surface area contributed by atoms with E-state index in [1.165, 1.54) is 5.56 Å². The van der Waals surface area contributed by atoms with Crippen molar-refractivity contribution < 1.29 is 19.1 Å². The van der Waals surface area contributed by atoms with Crippen molar-refractivity contribution in [1.29, 1.82) is 0 Å². The summed E-state index contributed by atoms with van der Waals surface area (Å²) in [7, 11) is 0. The second-order valence-corrected chi connectivity index (χ2v) is 8.44. The van der Waals surface area contributed by atoms with E-state index in [0.717, 1.165) is 24.9 Å². The molecule has 1 amide bonds. The summed E-state index contributed by atoms with van der Waals surface area (Å²) in [5.74, 6) is -0.358. The molecule has 1 N–H and O–H groups in total. The van der Waals surface area contributed by atoms with Crippen LogP contribution in [0.2, 0.25) is 0 Å². The van der Waals surface area contributed by atoms with Crippen LogP contribution in [-0.2, 0) is 27.4 Å². The second kappa shape index (κ2) is 9.52. The molecule has 2 fully saturated rings. The van der Waals surface area contributed by atoms with Gasteiger partial charge in [0.2, 0.25) is 0 Å². The van der Waals surface area contributed by atoms with Crippen molar-refractivity contribution in [3.8, 4) is 0 Å². The molecule has 4 rings (SSSR count). The number of esters is 1. The van der Waals surface area contributed by atoms with Crippen LogP contribution in [0.25, 0.3) is 0 Å². The first-order valence-corrected chi connectivity index (χ1v) is 11.1. The Morgan fingerprint density at radius 2 is 1.52 bits per heavy atom. The fourth-order valence-electron chi connectivity index (χ4n) is 4.94. The molecule has 2 saturated heterocycles. The maximum atomic E-state index is 13.0. The van der Waals surface area contributed by atoms with Gasteiger partial charge in [-0.3, -0.25) is 4.90 Å². The van der Waals surface area contributed by atoms with Gasteiger partial charge in [0, 0.05) is 18.6 Å². The largest absolute Gasteiger partial charge is 0.464 e. The number of piperidine rings is 1. The second-order valence-electron chi connectivity index (χ2n) is 8.44. The van der Waals surface area contributed by atoms with Crippen molar-refractivity contribution in [2.24, 2.45) is 0 Å². The quantitative estimate of drug-likeness (QED) is 0.682. The molecule has 2 unspecified atom stereocenters. The minimum atomic E-state index is -1.04. The topological polar surface area (TPSA) is 67.9 Å². The zero-order chi connectivity index (χ0) is 21.7. The van der Waals surface area contributed by atoms with Crippen LogP contribution in [0.3, 0.4) is 0 Å². The van der Waals surface area contributed by atoms with Gasteiger partial charge in [0.25, 0.3) is 0 Å². The van der Waals surface area contributed by atoms with E-state index in [9.17, 15) is 9.59 Å². The number of hydrogen-bond donors (Lipinski definition) is 1. The van der Waals surface area contributed by atoms with Crippen molar-refractivity contribution in [3.05, 3.63) is 71.8 Å². The number of fused-ring (bicyclic) bond motifs is 2. The van der Waals surface area contributed by atoms with Crippen molar-refractivity contribution in [3.63, 3.8) is 0 Å². The highest BCUT2D eigenvalue weighted by Crippen LogP contribution is 2.42. The third kappa shape index (κ3) is 4.90. The first-order valence-electron chi connectivity index (χ1n) is 11.1. The Morgan fingerprint density at radius 3 is 2.10 bits per heavy atom. The van der Waals surface area contributed by atoms with Gasteiger partial charge in [-0.05, 0) is 43.7 Å². The molecule has 2 aromatic carbocycles. The zero-order valence-electron chi connectivity index (χ0n) is 18.0. The van der Waals surface area contributed by atoms with E-state index in [-0.39, 0.29) is 31.3 Å². The fourth-order valence-corrected chi connectivity index (χ4v) is 4.94. The van der Waals surface area contributed by atoms with Crippen LogP contribution < -0.4 is 5.32 Å². The van der Waals surface area contributed by atoms with Crippen molar-refractivity contribution >= 4 is 12.1 Å². The maximum absolute atomic E-state index is 13.0. The summed E-state index contributed by atoms with van der Waals surface area (Å²) >= 11 is 0. The molecule has 31 heavy (non-hydrogen) atoms. The van der Waals surface area contributed by atoms with E-state index in [1.807, 2.05) is 48.5 Å². The van der Waals surface area contributed by atoms with Crippen LogP contribution in [0, 0.1) is 0 Å². The Hall–Kier alpha value is -2.86. The lowest BCUT2D eigenvalue weighted by Crippen LogP contribution is -2.63. The van der Waals surface area contributed by atoms with Gasteiger partial charge < -0.3 is 14.8 Å². The standard InChI is InChI=1S/C25H30N2O4/c1-2-30-23(28)25(26-24(29)31-18-20-11-7-4-8-12-20)15-21-13-14-22(16-25)27(21)17-19-9-5-3-6-10-19/h3-12,21-22H,2,13-18H2,1H3,(H,26,29). The molecule has 6 nitrogen and oxygen atoms in total.